The summed E-state index contributed by atoms with van der Waals surface area (Å²) in [5, 5.41) is 6.04. The number of carbonyl (C=O) groups excluding carboxylic acids is 2. The average molecular weight is 519 g/mol. The molecule has 0 saturated carbocycles. The van der Waals surface area contributed by atoms with Crippen molar-refractivity contribution < 1.29 is 19.1 Å². The number of carbonyl (C=O) groups is 2. The fourth-order valence-electron chi connectivity index (χ4n) is 4.76. The van der Waals surface area contributed by atoms with E-state index in [2.05, 4.69) is 9.88 Å². The van der Waals surface area contributed by atoms with E-state index in [1.165, 1.54) is 0 Å². The number of nitrogens with zero attached hydrogens (tertiary/aromatic N) is 3. The van der Waals surface area contributed by atoms with Gasteiger partial charge in [-0.2, -0.15) is 0 Å². The first-order valence-electron chi connectivity index (χ1n) is 12.2. The Balaban J connectivity index is 1.31. The molecule has 2 aromatic heterocycles. The standard InChI is InChI=1S/C28H30N4O4S/c1-19-17-30(11-12-31(19)28(34)29-22-7-5-9-24(16-22)36-3)26(33)25-15-21-10-13-37-27(21)32(25)18-20-6-4-8-23(14-20)35-2/h4-10,13-16,19H,11-12,17-18H2,1-3H3,(H,29,34). The Bertz CT molecular complexity index is 1430. The van der Waals surface area contributed by atoms with Gasteiger partial charge in [-0.3, -0.25) is 4.79 Å². The van der Waals surface area contributed by atoms with E-state index in [-0.39, 0.29) is 18.0 Å². The molecule has 3 heterocycles. The first kappa shape index (κ1) is 24.7. The Morgan fingerprint density at radius 3 is 2.51 bits per heavy atom. The molecule has 1 fully saturated rings. The maximum atomic E-state index is 13.7. The van der Waals surface area contributed by atoms with Crippen LogP contribution in [-0.4, -0.2) is 66.2 Å². The van der Waals surface area contributed by atoms with Crippen LogP contribution in [0.5, 0.6) is 11.5 Å². The molecule has 1 aliphatic heterocycles. The van der Waals surface area contributed by atoms with Gasteiger partial charge >= 0.3 is 6.03 Å². The lowest BCUT2D eigenvalue weighted by atomic mass is 10.1. The monoisotopic (exact) mass is 518 g/mol. The van der Waals surface area contributed by atoms with Crippen molar-refractivity contribution in [3.63, 3.8) is 0 Å². The van der Waals surface area contributed by atoms with E-state index in [4.69, 9.17) is 9.47 Å². The van der Waals surface area contributed by atoms with Crippen LogP contribution < -0.4 is 14.8 Å². The summed E-state index contributed by atoms with van der Waals surface area (Å²) in [6, 6.07) is 18.9. The van der Waals surface area contributed by atoms with Gasteiger partial charge in [-0.05, 0) is 54.3 Å². The first-order valence-corrected chi connectivity index (χ1v) is 13.1. The van der Waals surface area contributed by atoms with E-state index < -0.39 is 0 Å². The van der Waals surface area contributed by atoms with Gasteiger partial charge in [-0.1, -0.05) is 18.2 Å². The van der Waals surface area contributed by atoms with Gasteiger partial charge in [0, 0.05) is 49.4 Å². The molecule has 1 saturated heterocycles. The van der Waals surface area contributed by atoms with Gasteiger partial charge < -0.3 is 29.2 Å². The smallest absolute Gasteiger partial charge is 0.322 e. The summed E-state index contributed by atoms with van der Waals surface area (Å²) in [5.41, 5.74) is 2.39. The van der Waals surface area contributed by atoms with Crippen LogP contribution in [0.15, 0.2) is 66.0 Å². The minimum atomic E-state index is -0.185. The number of fused-ring (bicyclic) bond motifs is 1. The molecule has 37 heavy (non-hydrogen) atoms. The van der Waals surface area contributed by atoms with E-state index in [0.29, 0.717) is 43.3 Å². The Morgan fingerprint density at radius 2 is 1.76 bits per heavy atom. The number of methoxy groups -OCH3 is 2. The van der Waals surface area contributed by atoms with Crippen molar-refractivity contribution in [1.29, 1.82) is 0 Å². The maximum Gasteiger partial charge on any atom is 0.322 e. The highest BCUT2D eigenvalue weighted by Gasteiger charge is 2.32. The number of hydrogen-bond acceptors (Lipinski definition) is 5. The van der Waals surface area contributed by atoms with Crippen molar-refractivity contribution in [2.75, 3.05) is 39.2 Å². The predicted octanol–water partition coefficient (Wildman–Crippen LogP) is 5.15. The second-order valence-electron chi connectivity index (χ2n) is 9.10. The van der Waals surface area contributed by atoms with Gasteiger partial charge in [-0.25, -0.2) is 4.79 Å². The Kier molecular flexibility index (Phi) is 7.05. The van der Waals surface area contributed by atoms with E-state index in [1.807, 2.05) is 71.8 Å². The van der Waals surface area contributed by atoms with E-state index in [9.17, 15) is 9.59 Å². The number of amides is 3. The zero-order valence-electron chi connectivity index (χ0n) is 21.1. The summed E-state index contributed by atoms with van der Waals surface area (Å²) in [6.07, 6.45) is 0. The maximum absolute atomic E-state index is 13.7. The SMILES string of the molecule is COc1cccc(Cn2c(C(=O)N3CCN(C(=O)Nc4cccc(OC)c4)C(C)C3)cc3ccsc32)c1. The summed E-state index contributed by atoms with van der Waals surface area (Å²) < 4.78 is 12.7. The van der Waals surface area contributed by atoms with E-state index in [1.54, 1.807) is 36.5 Å². The zero-order valence-corrected chi connectivity index (χ0v) is 22.0. The number of benzene rings is 2. The van der Waals surface area contributed by atoms with Gasteiger partial charge in [0.1, 0.15) is 22.0 Å². The van der Waals surface area contributed by atoms with Crippen molar-refractivity contribution in [3.8, 4) is 11.5 Å². The lowest BCUT2D eigenvalue weighted by Gasteiger charge is -2.39. The number of urea groups is 1. The largest absolute Gasteiger partial charge is 0.497 e. The van der Waals surface area contributed by atoms with Crippen LogP contribution in [0.4, 0.5) is 10.5 Å². The minimum absolute atomic E-state index is 0.0222. The fourth-order valence-corrected chi connectivity index (χ4v) is 5.66. The Morgan fingerprint density at radius 1 is 1.00 bits per heavy atom. The molecule has 4 aromatic rings. The lowest BCUT2D eigenvalue weighted by molar-refractivity contribution is 0.0583. The molecule has 1 atom stereocenters. The number of aromatic nitrogens is 1. The van der Waals surface area contributed by atoms with Crippen LogP contribution >= 0.6 is 11.3 Å². The molecule has 1 unspecified atom stereocenters. The number of hydrogen-bond donors (Lipinski definition) is 1. The van der Waals surface area contributed by atoms with E-state index >= 15 is 0 Å². The molecule has 5 rings (SSSR count). The van der Waals surface area contributed by atoms with Gasteiger partial charge in [0.05, 0.1) is 14.2 Å². The molecule has 1 aliphatic rings. The van der Waals surface area contributed by atoms with Gasteiger partial charge in [0.25, 0.3) is 5.91 Å². The second-order valence-corrected chi connectivity index (χ2v) is 10.00. The van der Waals surface area contributed by atoms with Crippen LogP contribution in [0.2, 0.25) is 0 Å². The number of anilines is 1. The molecule has 0 radical (unpaired) electrons. The third-order valence-electron chi connectivity index (χ3n) is 6.69. The molecule has 0 aliphatic carbocycles. The molecule has 3 amide bonds. The number of nitrogens with one attached hydrogen (secondary N) is 1. The minimum Gasteiger partial charge on any atom is -0.497 e. The molecule has 0 bridgehead atoms. The highest BCUT2D eigenvalue weighted by Crippen LogP contribution is 2.28. The topological polar surface area (TPSA) is 76.0 Å². The first-order chi connectivity index (χ1) is 18.0. The van der Waals surface area contributed by atoms with E-state index in [0.717, 1.165) is 21.5 Å². The highest BCUT2D eigenvalue weighted by atomic mass is 32.1. The second kappa shape index (κ2) is 10.6. The number of piperazine rings is 1. The molecule has 1 N–H and O–H groups in total. The quantitative estimate of drug-likeness (QED) is 0.383. The highest BCUT2D eigenvalue weighted by molar-refractivity contribution is 7.16. The van der Waals surface area contributed by atoms with Gasteiger partial charge in [-0.15, -0.1) is 11.3 Å². The van der Waals surface area contributed by atoms with Crippen LogP contribution in [-0.2, 0) is 6.54 Å². The fraction of sp³-hybridized carbons (Fsp3) is 0.286. The molecule has 8 nitrogen and oxygen atoms in total. The third-order valence-corrected chi connectivity index (χ3v) is 7.64. The summed E-state index contributed by atoms with van der Waals surface area (Å²) >= 11 is 1.63. The van der Waals surface area contributed by atoms with Crippen LogP contribution in [0.25, 0.3) is 10.2 Å². The summed E-state index contributed by atoms with van der Waals surface area (Å²) in [5.74, 6) is 1.45. The van der Waals surface area contributed by atoms with Crippen LogP contribution in [0.3, 0.4) is 0 Å². The van der Waals surface area contributed by atoms with Crippen LogP contribution in [0, 0.1) is 0 Å². The third kappa shape index (κ3) is 5.13. The number of ether oxygens (including phenoxy) is 2. The predicted molar refractivity (Wildman–Crippen MR) is 146 cm³/mol. The molecular weight excluding hydrogens is 488 g/mol. The number of thiophene rings is 1. The Labute approximate surface area is 220 Å². The molecule has 9 heteroatoms. The summed E-state index contributed by atoms with van der Waals surface area (Å²) in [7, 11) is 3.25. The van der Waals surface area contributed by atoms with Gasteiger partial charge in [0.2, 0.25) is 0 Å². The normalized spacial score (nSPS) is 15.6. The molecule has 2 aromatic carbocycles. The van der Waals surface area contributed by atoms with Crippen molar-refractivity contribution in [2.24, 2.45) is 0 Å². The Hall–Kier alpha value is -3.98. The number of rotatable bonds is 6. The van der Waals surface area contributed by atoms with Crippen molar-refractivity contribution in [1.82, 2.24) is 14.4 Å². The summed E-state index contributed by atoms with van der Waals surface area (Å²) in [6.45, 7) is 3.92. The molecule has 0 spiro atoms. The molecular formula is C28H30N4O4S. The molecule has 192 valence electrons. The zero-order chi connectivity index (χ0) is 25.9. The van der Waals surface area contributed by atoms with Gasteiger partial charge in [0.15, 0.2) is 0 Å². The van der Waals surface area contributed by atoms with Crippen molar-refractivity contribution >= 4 is 39.2 Å². The average Bonchev–Trinajstić information content (AvgIpc) is 3.51. The van der Waals surface area contributed by atoms with Crippen LogP contribution in [0.1, 0.15) is 23.0 Å². The summed E-state index contributed by atoms with van der Waals surface area (Å²) in [4.78, 5) is 31.4. The van der Waals surface area contributed by atoms with Crippen molar-refractivity contribution in [2.45, 2.75) is 19.5 Å². The van der Waals surface area contributed by atoms with Crippen molar-refractivity contribution in [3.05, 3.63) is 77.3 Å². The lowest BCUT2D eigenvalue weighted by Crippen LogP contribution is -2.56.